The van der Waals surface area contributed by atoms with Gasteiger partial charge in [-0.3, -0.25) is 25.0 Å². The maximum atomic E-state index is 12.7. The fourth-order valence-electron chi connectivity index (χ4n) is 4.28. The fraction of sp³-hybridized carbons (Fsp3) is 0.381. The summed E-state index contributed by atoms with van der Waals surface area (Å²) >= 11 is 6.65. The lowest BCUT2D eigenvalue weighted by Crippen LogP contribution is -2.34. The molecule has 2 aliphatic rings. The average molecular weight is 474 g/mol. The van der Waals surface area contributed by atoms with Gasteiger partial charge in [0, 0.05) is 29.6 Å². The Hall–Kier alpha value is -3.05. The van der Waals surface area contributed by atoms with Crippen LogP contribution in [-0.4, -0.2) is 34.9 Å². The molecule has 1 aliphatic carbocycles. The number of primary amides is 1. The van der Waals surface area contributed by atoms with E-state index in [0.29, 0.717) is 16.3 Å². The third kappa shape index (κ3) is 4.44. The molecule has 9 nitrogen and oxygen atoms in total. The molecule has 168 valence electrons. The summed E-state index contributed by atoms with van der Waals surface area (Å²) in [5.41, 5.74) is 7.46. The van der Waals surface area contributed by atoms with Crippen LogP contribution in [0.5, 0.6) is 0 Å². The highest BCUT2D eigenvalue weighted by atomic mass is 32.1. The molecule has 0 atom stereocenters. The van der Waals surface area contributed by atoms with Gasteiger partial charge < -0.3 is 16.0 Å². The van der Waals surface area contributed by atoms with Crippen LogP contribution in [0.15, 0.2) is 18.2 Å². The molecule has 1 fully saturated rings. The molecular formula is C21H23N5O4S2. The minimum atomic E-state index is -0.569. The molecule has 0 bridgehead atoms. The molecule has 4 rings (SSSR count). The Kier molecular flexibility index (Phi) is 6.38. The first-order chi connectivity index (χ1) is 15.3. The fourth-order valence-corrected chi connectivity index (χ4v) is 5.83. The van der Waals surface area contributed by atoms with Gasteiger partial charge >= 0.3 is 0 Å². The van der Waals surface area contributed by atoms with Crippen LogP contribution in [-0.2, 0) is 12.8 Å². The lowest BCUT2D eigenvalue weighted by atomic mass is 10.1. The van der Waals surface area contributed by atoms with Gasteiger partial charge in [0.15, 0.2) is 5.11 Å². The zero-order chi connectivity index (χ0) is 22.8. The van der Waals surface area contributed by atoms with Gasteiger partial charge in [-0.1, -0.05) is 0 Å². The third-order valence-electron chi connectivity index (χ3n) is 5.75. The van der Waals surface area contributed by atoms with E-state index in [1.807, 2.05) is 4.90 Å². The van der Waals surface area contributed by atoms with Gasteiger partial charge in [-0.25, -0.2) is 0 Å². The number of rotatable bonds is 5. The Morgan fingerprint density at radius 2 is 1.91 bits per heavy atom. The third-order valence-corrected chi connectivity index (χ3v) is 7.16. The number of thiocarbonyl (C=S) groups is 1. The number of hydrogen-bond donors (Lipinski definition) is 3. The summed E-state index contributed by atoms with van der Waals surface area (Å²) in [6.07, 6.45) is 5.73. The predicted octanol–water partition coefficient (Wildman–Crippen LogP) is 3.36. The van der Waals surface area contributed by atoms with E-state index in [1.54, 1.807) is 12.1 Å². The van der Waals surface area contributed by atoms with Gasteiger partial charge in [-0.15, -0.1) is 11.3 Å². The van der Waals surface area contributed by atoms with Crippen molar-refractivity contribution in [2.75, 3.05) is 23.3 Å². The first-order valence-corrected chi connectivity index (χ1v) is 11.7. The van der Waals surface area contributed by atoms with Gasteiger partial charge in [-0.2, -0.15) is 0 Å². The van der Waals surface area contributed by atoms with Crippen molar-refractivity contribution in [3.8, 4) is 0 Å². The average Bonchev–Trinajstić information content (AvgIpc) is 3.34. The molecule has 1 aromatic carbocycles. The number of thiophene rings is 1. The smallest absolute Gasteiger partial charge is 0.293 e. The summed E-state index contributed by atoms with van der Waals surface area (Å²) in [6, 6.07) is 4.45. The number of amides is 2. The SMILES string of the molecule is NC(=O)c1c(NC(=S)NC(=O)c2ccc(N3CCCCC3)c([N+](=O)[O-])c2)sc2c1CCC2. The van der Waals surface area contributed by atoms with Crippen molar-refractivity contribution >= 4 is 56.9 Å². The van der Waals surface area contributed by atoms with Gasteiger partial charge in [0.1, 0.15) is 10.7 Å². The number of piperidine rings is 1. The van der Waals surface area contributed by atoms with Crippen LogP contribution in [0.1, 0.15) is 56.8 Å². The molecule has 0 unspecified atom stereocenters. The minimum absolute atomic E-state index is 0.000170. The number of nitro benzene ring substituents is 1. The summed E-state index contributed by atoms with van der Waals surface area (Å²) < 4.78 is 0. The van der Waals surface area contributed by atoms with Crippen molar-refractivity contribution in [3.63, 3.8) is 0 Å². The topological polar surface area (TPSA) is 131 Å². The number of aryl methyl sites for hydroxylation is 1. The van der Waals surface area contributed by atoms with Crippen LogP contribution in [0.4, 0.5) is 16.4 Å². The van der Waals surface area contributed by atoms with E-state index < -0.39 is 16.7 Å². The second kappa shape index (κ2) is 9.21. The number of fused-ring (bicyclic) bond motifs is 1. The first-order valence-electron chi connectivity index (χ1n) is 10.4. The molecule has 0 radical (unpaired) electrons. The summed E-state index contributed by atoms with van der Waals surface area (Å²) in [5, 5.41) is 17.6. The maximum Gasteiger partial charge on any atom is 0.293 e. The second-order valence-electron chi connectivity index (χ2n) is 7.84. The Labute approximate surface area is 194 Å². The van der Waals surface area contributed by atoms with Gasteiger partial charge in [0.25, 0.3) is 17.5 Å². The highest BCUT2D eigenvalue weighted by molar-refractivity contribution is 7.80. The molecule has 4 N–H and O–H groups in total. The van der Waals surface area contributed by atoms with Crippen molar-refractivity contribution in [1.29, 1.82) is 0 Å². The zero-order valence-corrected chi connectivity index (χ0v) is 18.9. The van der Waals surface area contributed by atoms with E-state index in [9.17, 15) is 19.7 Å². The van der Waals surface area contributed by atoms with E-state index in [-0.39, 0.29) is 16.4 Å². The van der Waals surface area contributed by atoms with Gasteiger partial charge in [0.05, 0.1) is 10.5 Å². The molecule has 1 saturated heterocycles. The van der Waals surface area contributed by atoms with Crippen molar-refractivity contribution in [3.05, 3.63) is 49.9 Å². The first kappa shape index (κ1) is 22.2. The normalized spacial score (nSPS) is 15.2. The predicted molar refractivity (Wildman–Crippen MR) is 128 cm³/mol. The summed E-state index contributed by atoms with van der Waals surface area (Å²) in [4.78, 5) is 38.9. The molecule has 11 heteroatoms. The number of hydrogen-bond acceptors (Lipinski definition) is 7. The monoisotopic (exact) mass is 473 g/mol. The number of nitrogens with zero attached hydrogens (tertiary/aromatic N) is 2. The number of benzene rings is 1. The Balaban J connectivity index is 1.49. The number of carbonyl (C=O) groups excluding carboxylic acids is 2. The molecule has 32 heavy (non-hydrogen) atoms. The second-order valence-corrected chi connectivity index (χ2v) is 9.36. The molecule has 0 spiro atoms. The molecular weight excluding hydrogens is 450 g/mol. The van der Waals surface area contributed by atoms with Crippen LogP contribution in [0, 0.1) is 10.1 Å². The highest BCUT2D eigenvalue weighted by Crippen LogP contribution is 2.38. The lowest BCUT2D eigenvalue weighted by molar-refractivity contribution is -0.384. The molecule has 0 saturated carbocycles. The quantitative estimate of drug-likeness (QED) is 0.345. The Morgan fingerprint density at radius 1 is 1.16 bits per heavy atom. The van der Waals surface area contributed by atoms with Crippen LogP contribution in [0.3, 0.4) is 0 Å². The van der Waals surface area contributed by atoms with Crippen molar-refractivity contribution in [2.24, 2.45) is 5.73 Å². The molecule has 2 amide bonds. The number of anilines is 2. The van der Waals surface area contributed by atoms with Gasteiger partial charge in [-0.05, 0) is 68.4 Å². The van der Waals surface area contributed by atoms with Crippen LogP contribution >= 0.6 is 23.6 Å². The Morgan fingerprint density at radius 3 is 2.59 bits per heavy atom. The van der Waals surface area contributed by atoms with Crippen LogP contribution in [0.25, 0.3) is 0 Å². The van der Waals surface area contributed by atoms with Crippen molar-refractivity contribution < 1.29 is 14.5 Å². The number of nitrogens with two attached hydrogens (primary N) is 1. The van der Waals surface area contributed by atoms with E-state index in [1.165, 1.54) is 17.4 Å². The van der Waals surface area contributed by atoms with Gasteiger partial charge in [0.2, 0.25) is 0 Å². The summed E-state index contributed by atoms with van der Waals surface area (Å²) in [5.74, 6) is -1.11. The van der Waals surface area contributed by atoms with Crippen molar-refractivity contribution in [2.45, 2.75) is 38.5 Å². The number of nitro groups is 1. The number of nitrogens with one attached hydrogen (secondary N) is 2. The van der Waals surface area contributed by atoms with E-state index in [4.69, 9.17) is 18.0 Å². The highest BCUT2D eigenvalue weighted by Gasteiger charge is 2.27. The van der Waals surface area contributed by atoms with E-state index in [2.05, 4.69) is 10.6 Å². The standard InChI is InChI=1S/C21H23N5O4S2/c22-18(27)17-13-5-4-6-16(13)32-20(17)24-21(31)23-19(28)12-7-8-14(15(11-12)26(29)30)25-9-2-1-3-10-25/h7-8,11H,1-6,9-10H2,(H2,22,27)(H2,23,24,28,31). The molecule has 2 aromatic rings. The molecule has 1 aliphatic heterocycles. The summed E-state index contributed by atoms with van der Waals surface area (Å²) in [6.45, 7) is 1.51. The maximum absolute atomic E-state index is 12.7. The summed E-state index contributed by atoms with van der Waals surface area (Å²) in [7, 11) is 0. The minimum Gasteiger partial charge on any atom is -0.366 e. The molecule has 1 aromatic heterocycles. The molecule has 2 heterocycles. The largest absolute Gasteiger partial charge is 0.366 e. The number of carbonyl (C=O) groups is 2. The van der Waals surface area contributed by atoms with E-state index >= 15 is 0 Å². The van der Waals surface area contributed by atoms with E-state index in [0.717, 1.165) is 62.1 Å². The lowest BCUT2D eigenvalue weighted by Gasteiger charge is -2.28. The van der Waals surface area contributed by atoms with Crippen LogP contribution in [0.2, 0.25) is 0 Å². The zero-order valence-electron chi connectivity index (χ0n) is 17.3. The van der Waals surface area contributed by atoms with Crippen LogP contribution < -0.4 is 21.3 Å². The Bertz CT molecular complexity index is 1110. The van der Waals surface area contributed by atoms with Crippen molar-refractivity contribution in [1.82, 2.24) is 5.32 Å².